The zero-order chi connectivity index (χ0) is 36.4. The molecular weight excluding hydrogens is 816 g/mol. The molecule has 50 heavy (non-hydrogen) atoms. The number of nitrogens with zero attached hydrogens (tertiary/aromatic N) is 7. The monoisotopic (exact) mass is 836 g/mol. The number of aryl methyl sites for hydroxylation is 1. The van der Waals surface area contributed by atoms with Gasteiger partial charge in [0.15, 0.2) is 11.6 Å². The molecule has 0 spiro atoms. The summed E-state index contributed by atoms with van der Waals surface area (Å²) in [7, 11) is 0. The van der Waals surface area contributed by atoms with Crippen LogP contribution < -0.4 is 10.1 Å². The summed E-state index contributed by atoms with van der Waals surface area (Å²) < 4.78 is 97.0. The van der Waals surface area contributed by atoms with Gasteiger partial charge in [-0.3, -0.25) is 9.59 Å². The van der Waals surface area contributed by atoms with E-state index in [2.05, 4.69) is 35.5 Å². The minimum atomic E-state index is -5.96. The van der Waals surface area contributed by atoms with Crippen molar-refractivity contribution in [2.45, 2.75) is 45.1 Å². The Morgan fingerprint density at radius 2 is 1.76 bits per heavy atom. The molecule has 1 amide bonds. The Bertz CT molecular complexity index is 2040. The van der Waals surface area contributed by atoms with Gasteiger partial charge in [0.1, 0.15) is 18.0 Å². The molecule has 0 aliphatic heterocycles. The van der Waals surface area contributed by atoms with Gasteiger partial charge in [0.05, 0.1) is 10.7 Å². The Balaban J connectivity index is 1.42. The van der Waals surface area contributed by atoms with E-state index in [1.165, 1.54) is 48.7 Å². The molecule has 0 unspecified atom stereocenters. The molecule has 0 aliphatic carbocycles. The molecule has 262 valence electrons. The lowest BCUT2D eigenvalue weighted by Crippen LogP contribution is -2.35. The molecule has 0 atom stereocenters. The molecule has 3 heterocycles. The Hall–Kier alpha value is -4.66. The lowest BCUT2D eigenvalue weighted by molar-refractivity contribution is -0.292. The maximum absolute atomic E-state index is 13.9. The molecule has 0 saturated heterocycles. The SMILES string of the molecule is Cc1cc(I)cc(C(=O)NCc2ccc(OC(F)F)cc2)c1CC(=O)c1cc(Cn2nnc(C(F)(F)C(F)(F)F)n2)nn1-c1ncccc1Cl. The zero-order valence-corrected chi connectivity index (χ0v) is 28.1. The predicted octanol–water partition coefficient (Wildman–Crippen LogP) is 6.48. The quantitative estimate of drug-likeness (QED) is 0.0860. The van der Waals surface area contributed by atoms with Crippen molar-refractivity contribution in [1.82, 2.24) is 40.3 Å². The number of benzene rings is 2. The topological polar surface area (TPSA) is 130 Å². The van der Waals surface area contributed by atoms with Gasteiger partial charge in [-0.05, 0) is 93.9 Å². The van der Waals surface area contributed by atoms with Crippen molar-refractivity contribution in [2.75, 3.05) is 0 Å². The van der Waals surface area contributed by atoms with Gasteiger partial charge < -0.3 is 10.1 Å². The van der Waals surface area contributed by atoms with Gasteiger partial charge >= 0.3 is 18.7 Å². The van der Waals surface area contributed by atoms with Crippen molar-refractivity contribution in [3.05, 3.63) is 109 Å². The number of Topliss-reactive ketones (excluding diaryl/α,β-unsaturated/α-hetero) is 1. The minimum absolute atomic E-state index is 0.00174. The van der Waals surface area contributed by atoms with E-state index in [1.807, 2.05) is 22.6 Å². The Kier molecular flexibility index (Phi) is 10.7. The predicted molar refractivity (Wildman–Crippen MR) is 169 cm³/mol. The third-order valence-corrected chi connectivity index (χ3v) is 7.92. The fourth-order valence-electron chi connectivity index (χ4n) is 4.64. The third kappa shape index (κ3) is 8.20. The van der Waals surface area contributed by atoms with Crippen LogP contribution in [0.15, 0.2) is 60.8 Å². The largest absolute Gasteiger partial charge is 0.461 e. The molecule has 0 aliphatic rings. The molecular formula is C30H21ClF7IN8O3. The van der Waals surface area contributed by atoms with Crippen LogP contribution in [0.2, 0.25) is 5.02 Å². The van der Waals surface area contributed by atoms with Crippen molar-refractivity contribution in [2.24, 2.45) is 0 Å². The van der Waals surface area contributed by atoms with Crippen LogP contribution in [0.25, 0.3) is 5.82 Å². The van der Waals surface area contributed by atoms with Gasteiger partial charge in [0.25, 0.3) is 11.7 Å². The first-order chi connectivity index (χ1) is 23.5. The number of nitrogens with one attached hydrogen (secondary N) is 1. The van der Waals surface area contributed by atoms with Crippen LogP contribution in [0.3, 0.4) is 0 Å². The summed E-state index contributed by atoms with van der Waals surface area (Å²) in [5.41, 5.74) is 1.55. The van der Waals surface area contributed by atoms with Crippen molar-refractivity contribution in [3.63, 3.8) is 0 Å². The Labute approximate surface area is 295 Å². The van der Waals surface area contributed by atoms with Crippen LogP contribution in [0, 0.1) is 10.5 Å². The number of carbonyl (C=O) groups is 2. The lowest BCUT2D eigenvalue weighted by atomic mass is 9.95. The fraction of sp³-hybridized carbons (Fsp3) is 0.233. The average Bonchev–Trinajstić information content (AvgIpc) is 3.69. The second kappa shape index (κ2) is 14.7. The summed E-state index contributed by atoms with van der Waals surface area (Å²) in [6.45, 7) is -1.83. The summed E-state index contributed by atoms with van der Waals surface area (Å²) in [6, 6.07) is 13.2. The van der Waals surface area contributed by atoms with E-state index in [1.54, 1.807) is 19.1 Å². The number of alkyl halides is 7. The maximum Gasteiger partial charge on any atom is 0.461 e. The highest BCUT2D eigenvalue weighted by atomic mass is 127. The van der Waals surface area contributed by atoms with E-state index in [0.29, 0.717) is 25.1 Å². The highest BCUT2D eigenvalue weighted by molar-refractivity contribution is 14.1. The number of hydrogen-bond donors (Lipinski definition) is 1. The van der Waals surface area contributed by atoms with Crippen molar-refractivity contribution in [3.8, 4) is 11.6 Å². The van der Waals surface area contributed by atoms with Crippen molar-refractivity contribution in [1.29, 1.82) is 0 Å². The first kappa shape index (κ1) is 36.6. The molecule has 20 heteroatoms. The van der Waals surface area contributed by atoms with Crippen LogP contribution in [0.5, 0.6) is 5.75 Å². The van der Waals surface area contributed by atoms with Crippen LogP contribution in [-0.2, 0) is 25.4 Å². The van der Waals surface area contributed by atoms with Gasteiger partial charge in [-0.2, -0.15) is 40.6 Å². The second-order valence-electron chi connectivity index (χ2n) is 10.5. The molecule has 11 nitrogen and oxygen atoms in total. The molecule has 0 bridgehead atoms. The number of rotatable bonds is 12. The summed E-state index contributed by atoms with van der Waals surface area (Å²) in [4.78, 5) is 32.0. The van der Waals surface area contributed by atoms with Crippen LogP contribution >= 0.6 is 34.2 Å². The summed E-state index contributed by atoms with van der Waals surface area (Å²) >= 11 is 8.34. The number of ether oxygens (including phenoxy) is 1. The first-order valence-corrected chi connectivity index (χ1v) is 15.6. The molecule has 5 rings (SSSR count). The van der Waals surface area contributed by atoms with Gasteiger partial charge in [0.2, 0.25) is 0 Å². The van der Waals surface area contributed by atoms with Crippen molar-refractivity contribution >= 4 is 45.9 Å². The van der Waals surface area contributed by atoms with Gasteiger partial charge in [0, 0.05) is 28.3 Å². The fourth-order valence-corrected chi connectivity index (χ4v) is 5.62. The van der Waals surface area contributed by atoms with Crippen LogP contribution in [0.4, 0.5) is 30.7 Å². The second-order valence-corrected chi connectivity index (χ2v) is 12.2. The van der Waals surface area contributed by atoms with Crippen LogP contribution in [0.1, 0.15) is 49.1 Å². The molecule has 1 N–H and O–H groups in total. The van der Waals surface area contributed by atoms with Crippen molar-refractivity contribution < 1.29 is 45.1 Å². The number of halogens is 9. The molecule has 5 aromatic rings. The first-order valence-electron chi connectivity index (χ1n) is 14.1. The lowest BCUT2D eigenvalue weighted by Gasteiger charge is -2.14. The van der Waals surface area contributed by atoms with E-state index < -0.39 is 42.8 Å². The van der Waals surface area contributed by atoms with E-state index in [4.69, 9.17) is 11.6 Å². The van der Waals surface area contributed by atoms with E-state index in [9.17, 15) is 40.3 Å². The number of ketones is 1. The molecule has 0 saturated carbocycles. The maximum atomic E-state index is 13.9. The Morgan fingerprint density at radius 3 is 2.42 bits per heavy atom. The van der Waals surface area contributed by atoms with E-state index in [-0.39, 0.29) is 46.5 Å². The average molecular weight is 837 g/mol. The molecule has 0 fully saturated rings. The molecule has 0 radical (unpaired) electrons. The summed E-state index contributed by atoms with van der Waals surface area (Å²) in [6.07, 6.45) is -4.93. The third-order valence-electron chi connectivity index (χ3n) is 7.00. The summed E-state index contributed by atoms with van der Waals surface area (Å²) in [5.74, 6) is -8.40. The standard InChI is InChI=1S/C30H21ClF7IN8O3/c1-15-9-17(39)10-21(26(49)41-13-16-4-6-19(7-5-16)50-28(32)33)20(15)12-24(48)23-11-18(43-47(23)25-22(31)3-2-8-40-25)14-46-44-27(42-45-46)29(34,35)30(36,37)38/h2-11,28H,12-14H2,1H3,(H,41,49). The van der Waals surface area contributed by atoms with Gasteiger partial charge in [-0.1, -0.05) is 23.7 Å². The molecule has 2 aromatic carbocycles. The minimum Gasteiger partial charge on any atom is -0.435 e. The number of tetrazole rings is 1. The highest BCUT2D eigenvalue weighted by Crippen LogP contribution is 2.42. The van der Waals surface area contributed by atoms with E-state index in [0.717, 1.165) is 4.68 Å². The highest BCUT2D eigenvalue weighted by Gasteiger charge is 2.62. The van der Waals surface area contributed by atoms with Gasteiger partial charge in [-0.15, -0.1) is 10.2 Å². The number of aromatic nitrogens is 7. The number of amides is 1. The number of carbonyl (C=O) groups excluding carboxylic acids is 2. The van der Waals surface area contributed by atoms with Gasteiger partial charge in [-0.25, -0.2) is 9.67 Å². The normalized spacial score (nSPS) is 12.0. The Morgan fingerprint density at radius 1 is 1.04 bits per heavy atom. The van der Waals surface area contributed by atoms with E-state index >= 15 is 0 Å². The smallest absolute Gasteiger partial charge is 0.435 e. The molecule has 3 aromatic heterocycles. The number of pyridine rings is 1. The number of hydrogen-bond acceptors (Lipinski definition) is 8. The summed E-state index contributed by atoms with van der Waals surface area (Å²) in [5, 5.41) is 16.4. The zero-order valence-electron chi connectivity index (χ0n) is 25.2. The van der Waals surface area contributed by atoms with Crippen LogP contribution in [-0.4, -0.2) is 59.4 Å².